The predicted octanol–water partition coefficient (Wildman–Crippen LogP) is 3.78. The molecule has 7 heteroatoms. The van der Waals surface area contributed by atoms with E-state index in [1.165, 1.54) is 5.56 Å². The van der Waals surface area contributed by atoms with Crippen molar-refractivity contribution < 1.29 is 0 Å². The van der Waals surface area contributed by atoms with Crippen LogP contribution in [0.3, 0.4) is 0 Å². The lowest BCUT2D eigenvalue weighted by molar-refractivity contribution is 0.849. The zero-order valence-electron chi connectivity index (χ0n) is 13.5. The maximum absolute atomic E-state index is 6.20. The van der Waals surface area contributed by atoms with Gasteiger partial charge in [0.15, 0.2) is 5.82 Å². The summed E-state index contributed by atoms with van der Waals surface area (Å²) in [7, 11) is 4.01. The molecule has 0 saturated carbocycles. The average molecular weight is 404 g/mol. The fraction of sp³-hybridized carbons (Fsp3) is 0.176. The zero-order valence-corrected chi connectivity index (χ0v) is 15.9. The van der Waals surface area contributed by atoms with Crippen LogP contribution in [0, 0.1) is 0 Å². The number of nitrogens with zero attached hydrogens (tertiary/aromatic N) is 4. The molecule has 0 amide bonds. The Bertz CT molecular complexity index is 847. The van der Waals surface area contributed by atoms with E-state index >= 15 is 0 Å². The Morgan fingerprint density at radius 1 is 1.12 bits per heavy atom. The Morgan fingerprint density at radius 3 is 2.67 bits per heavy atom. The van der Waals surface area contributed by atoms with Crippen LogP contribution in [0.4, 0.5) is 5.69 Å². The molecule has 3 rings (SSSR count). The Hall–Kier alpha value is -1.99. The SMILES string of the molecule is CN(C)c1cccc(-c2nnc(SCc3cccc(Br)c3)n2N)c1. The molecule has 5 nitrogen and oxygen atoms in total. The topological polar surface area (TPSA) is 60.0 Å². The molecule has 1 heterocycles. The molecule has 124 valence electrons. The van der Waals surface area contributed by atoms with Gasteiger partial charge in [0.25, 0.3) is 0 Å². The van der Waals surface area contributed by atoms with Crippen molar-refractivity contribution >= 4 is 33.4 Å². The normalized spacial score (nSPS) is 10.8. The third-order valence-electron chi connectivity index (χ3n) is 3.54. The molecule has 0 bridgehead atoms. The van der Waals surface area contributed by atoms with Crippen LogP contribution in [0.2, 0.25) is 0 Å². The van der Waals surface area contributed by atoms with Gasteiger partial charge >= 0.3 is 0 Å². The summed E-state index contributed by atoms with van der Waals surface area (Å²) in [6.07, 6.45) is 0. The first-order chi connectivity index (χ1) is 11.5. The lowest BCUT2D eigenvalue weighted by Gasteiger charge is -2.13. The van der Waals surface area contributed by atoms with Crippen LogP contribution in [0.5, 0.6) is 0 Å². The van der Waals surface area contributed by atoms with Crippen molar-refractivity contribution in [2.75, 3.05) is 24.8 Å². The Morgan fingerprint density at radius 2 is 1.92 bits per heavy atom. The number of nitrogens with two attached hydrogens (primary N) is 1. The van der Waals surface area contributed by atoms with Gasteiger partial charge in [0, 0.05) is 35.6 Å². The molecule has 0 fully saturated rings. The molecule has 1 aromatic heterocycles. The molecule has 3 aromatic rings. The van der Waals surface area contributed by atoms with Crippen LogP contribution in [-0.4, -0.2) is 29.0 Å². The molecular formula is C17H18BrN5S. The number of thioether (sulfide) groups is 1. The van der Waals surface area contributed by atoms with E-state index in [1.54, 1.807) is 16.4 Å². The number of rotatable bonds is 5. The average Bonchev–Trinajstić information content (AvgIpc) is 2.94. The molecule has 0 aliphatic heterocycles. The Labute approximate surface area is 154 Å². The number of hydrogen-bond donors (Lipinski definition) is 1. The highest BCUT2D eigenvalue weighted by atomic mass is 79.9. The van der Waals surface area contributed by atoms with Crippen LogP contribution in [-0.2, 0) is 5.75 Å². The highest BCUT2D eigenvalue weighted by Crippen LogP contribution is 2.27. The van der Waals surface area contributed by atoms with Crippen molar-refractivity contribution in [3.05, 3.63) is 58.6 Å². The number of benzene rings is 2. The Kier molecular flexibility index (Phi) is 5.11. The van der Waals surface area contributed by atoms with Crippen LogP contribution in [0.15, 0.2) is 58.2 Å². The summed E-state index contributed by atoms with van der Waals surface area (Å²) >= 11 is 5.05. The van der Waals surface area contributed by atoms with Crippen molar-refractivity contribution in [3.8, 4) is 11.4 Å². The highest BCUT2D eigenvalue weighted by molar-refractivity contribution is 9.10. The number of hydrogen-bond acceptors (Lipinski definition) is 5. The molecular weight excluding hydrogens is 386 g/mol. The molecule has 2 aromatic carbocycles. The lowest BCUT2D eigenvalue weighted by atomic mass is 10.2. The largest absolute Gasteiger partial charge is 0.378 e. The van der Waals surface area contributed by atoms with Gasteiger partial charge in [-0.15, -0.1) is 10.2 Å². The van der Waals surface area contributed by atoms with E-state index in [-0.39, 0.29) is 0 Å². The Balaban J connectivity index is 1.80. The predicted molar refractivity (Wildman–Crippen MR) is 104 cm³/mol. The van der Waals surface area contributed by atoms with Gasteiger partial charge in [0.05, 0.1) is 0 Å². The molecule has 0 spiro atoms. The van der Waals surface area contributed by atoms with E-state index in [9.17, 15) is 0 Å². The van der Waals surface area contributed by atoms with Crippen molar-refractivity contribution in [1.29, 1.82) is 0 Å². The van der Waals surface area contributed by atoms with Crippen molar-refractivity contribution in [3.63, 3.8) is 0 Å². The van der Waals surface area contributed by atoms with Gasteiger partial charge in [-0.25, -0.2) is 4.68 Å². The van der Waals surface area contributed by atoms with E-state index in [1.807, 2.05) is 49.3 Å². The van der Waals surface area contributed by atoms with E-state index in [4.69, 9.17) is 5.84 Å². The standard InChI is InChI=1S/C17H18BrN5S/c1-22(2)15-8-4-6-13(10-15)16-20-21-17(23(16)19)24-11-12-5-3-7-14(18)9-12/h3-10H,11,19H2,1-2H3. The molecule has 0 saturated heterocycles. The van der Waals surface area contributed by atoms with Crippen LogP contribution in [0.1, 0.15) is 5.56 Å². The molecule has 0 aliphatic rings. The summed E-state index contributed by atoms with van der Waals surface area (Å²) in [6.45, 7) is 0. The first-order valence-corrected chi connectivity index (χ1v) is 9.18. The summed E-state index contributed by atoms with van der Waals surface area (Å²) < 4.78 is 2.62. The molecule has 0 atom stereocenters. The quantitative estimate of drug-likeness (QED) is 0.518. The highest BCUT2D eigenvalue weighted by Gasteiger charge is 2.13. The number of anilines is 1. The molecule has 24 heavy (non-hydrogen) atoms. The summed E-state index contributed by atoms with van der Waals surface area (Å²) in [5, 5.41) is 9.18. The summed E-state index contributed by atoms with van der Waals surface area (Å²) in [4.78, 5) is 2.05. The van der Waals surface area contributed by atoms with Gasteiger partial charge in [0.1, 0.15) is 0 Å². The smallest absolute Gasteiger partial charge is 0.210 e. The van der Waals surface area contributed by atoms with Crippen LogP contribution >= 0.6 is 27.7 Å². The molecule has 0 unspecified atom stereocenters. The van der Waals surface area contributed by atoms with E-state index < -0.39 is 0 Å². The minimum absolute atomic E-state index is 0.662. The fourth-order valence-electron chi connectivity index (χ4n) is 2.27. The second-order valence-electron chi connectivity index (χ2n) is 5.54. The molecule has 0 aliphatic carbocycles. The van der Waals surface area contributed by atoms with Gasteiger partial charge in [-0.2, -0.15) is 0 Å². The zero-order chi connectivity index (χ0) is 17.1. The maximum Gasteiger partial charge on any atom is 0.210 e. The first-order valence-electron chi connectivity index (χ1n) is 7.40. The number of halogens is 1. The lowest BCUT2D eigenvalue weighted by Crippen LogP contribution is -2.12. The monoisotopic (exact) mass is 403 g/mol. The van der Waals surface area contributed by atoms with Gasteiger partial charge < -0.3 is 10.7 Å². The van der Waals surface area contributed by atoms with Crippen molar-refractivity contribution in [2.24, 2.45) is 0 Å². The van der Waals surface area contributed by atoms with Gasteiger partial charge in [0.2, 0.25) is 5.16 Å². The first kappa shape index (κ1) is 16.9. The summed E-state index contributed by atoms with van der Waals surface area (Å²) in [6, 6.07) is 16.3. The third kappa shape index (κ3) is 3.73. The van der Waals surface area contributed by atoms with Gasteiger partial charge in [-0.05, 0) is 29.8 Å². The van der Waals surface area contributed by atoms with Crippen LogP contribution in [0.25, 0.3) is 11.4 Å². The third-order valence-corrected chi connectivity index (χ3v) is 5.05. The second kappa shape index (κ2) is 7.27. The molecule has 2 N–H and O–H groups in total. The van der Waals surface area contributed by atoms with Crippen molar-refractivity contribution in [2.45, 2.75) is 10.9 Å². The van der Waals surface area contributed by atoms with E-state index in [0.717, 1.165) is 21.5 Å². The van der Waals surface area contributed by atoms with Gasteiger partial charge in [-0.3, -0.25) is 0 Å². The van der Waals surface area contributed by atoms with E-state index in [2.05, 4.69) is 44.3 Å². The summed E-state index contributed by atoms with van der Waals surface area (Å²) in [5.41, 5.74) is 3.25. The van der Waals surface area contributed by atoms with Crippen LogP contribution < -0.4 is 10.7 Å². The van der Waals surface area contributed by atoms with Crippen molar-refractivity contribution in [1.82, 2.24) is 14.9 Å². The minimum atomic E-state index is 0.662. The second-order valence-corrected chi connectivity index (χ2v) is 7.40. The number of nitrogen functional groups attached to an aromatic ring is 1. The minimum Gasteiger partial charge on any atom is -0.378 e. The number of aromatic nitrogens is 3. The summed E-state index contributed by atoms with van der Waals surface area (Å²) in [5.74, 6) is 7.65. The van der Waals surface area contributed by atoms with Gasteiger partial charge in [-0.1, -0.05) is 52.0 Å². The maximum atomic E-state index is 6.20. The fourth-order valence-corrected chi connectivity index (χ4v) is 3.52. The molecule has 0 radical (unpaired) electrons. The van der Waals surface area contributed by atoms with E-state index in [0.29, 0.717) is 11.0 Å².